The molecule has 7 nitrogen and oxygen atoms in total. The van der Waals surface area contributed by atoms with E-state index in [1.54, 1.807) is 12.4 Å². The minimum Gasteiger partial charge on any atom is -0.454 e. The summed E-state index contributed by atoms with van der Waals surface area (Å²) in [7, 11) is 0. The van der Waals surface area contributed by atoms with Crippen LogP contribution in [0.5, 0.6) is 11.5 Å². The molecule has 1 aliphatic heterocycles. The third kappa shape index (κ3) is 3.92. The molecule has 7 heteroatoms. The molecule has 138 valence electrons. The van der Waals surface area contributed by atoms with E-state index >= 15 is 0 Å². The van der Waals surface area contributed by atoms with Crippen molar-refractivity contribution in [2.75, 3.05) is 17.4 Å². The highest BCUT2D eigenvalue weighted by Gasteiger charge is 2.14. The summed E-state index contributed by atoms with van der Waals surface area (Å²) >= 11 is 0. The highest BCUT2D eigenvalue weighted by Crippen LogP contribution is 2.35. The van der Waals surface area contributed by atoms with Gasteiger partial charge in [0.05, 0.1) is 5.69 Å². The Morgan fingerprint density at radius 2 is 2.00 bits per heavy atom. The summed E-state index contributed by atoms with van der Waals surface area (Å²) in [6.45, 7) is 4.47. The number of aromatic nitrogens is 3. The van der Waals surface area contributed by atoms with Crippen LogP contribution in [-0.4, -0.2) is 27.8 Å². The van der Waals surface area contributed by atoms with Crippen molar-refractivity contribution in [2.24, 2.45) is 0 Å². The van der Waals surface area contributed by atoms with Crippen molar-refractivity contribution in [1.82, 2.24) is 15.0 Å². The van der Waals surface area contributed by atoms with Gasteiger partial charge in [-0.2, -0.15) is 4.98 Å². The van der Waals surface area contributed by atoms with Crippen LogP contribution in [0, 0.1) is 0 Å². The Morgan fingerprint density at radius 1 is 1.11 bits per heavy atom. The van der Waals surface area contributed by atoms with Crippen LogP contribution in [0.2, 0.25) is 0 Å². The minimum atomic E-state index is 0.250. The van der Waals surface area contributed by atoms with Crippen LogP contribution in [0.15, 0.2) is 48.8 Å². The second-order valence-electron chi connectivity index (χ2n) is 6.35. The van der Waals surface area contributed by atoms with Gasteiger partial charge in [0.1, 0.15) is 5.82 Å². The van der Waals surface area contributed by atoms with Gasteiger partial charge in [-0.15, -0.1) is 0 Å². The maximum atomic E-state index is 5.45. The van der Waals surface area contributed by atoms with Crippen molar-refractivity contribution in [3.63, 3.8) is 0 Å². The van der Waals surface area contributed by atoms with Gasteiger partial charge in [0.2, 0.25) is 12.7 Å². The van der Waals surface area contributed by atoms with E-state index in [4.69, 9.17) is 9.47 Å². The molecule has 0 saturated carbocycles. The van der Waals surface area contributed by atoms with E-state index in [0.29, 0.717) is 11.8 Å². The maximum Gasteiger partial charge on any atom is 0.231 e. The van der Waals surface area contributed by atoms with Gasteiger partial charge >= 0.3 is 0 Å². The van der Waals surface area contributed by atoms with Crippen molar-refractivity contribution in [1.29, 1.82) is 0 Å². The number of pyridine rings is 1. The first-order valence-electron chi connectivity index (χ1n) is 8.94. The van der Waals surface area contributed by atoms with Crippen LogP contribution in [0.4, 0.5) is 17.5 Å². The number of hydrogen-bond donors (Lipinski definition) is 2. The lowest BCUT2D eigenvalue weighted by atomic mass is 10.2. The summed E-state index contributed by atoms with van der Waals surface area (Å²) < 4.78 is 10.8. The van der Waals surface area contributed by atoms with Crippen LogP contribution in [0.25, 0.3) is 11.3 Å². The van der Waals surface area contributed by atoms with Crippen molar-refractivity contribution in [2.45, 2.75) is 26.3 Å². The van der Waals surface area contributed by atoms with Gasteiger partial charge in [-0.05, 0) is 37.6 Å². The molecule has 0 aliphatic carbocycles. The summed E-state index contributed by atoms with van der Waals surface area (Å²) in [4.78, 5) is 13.4. The first kappa shape index (κ1) is 17.1. The fourth-order valence-corrected chi connectivity index (χ4v) is 2.68. The van der Waals surface area contributed by atoms with E-state index in [-0.39, 0.29) is 12.8 Å². The monoisotopic (exact) mass is 363 g/mol. The molecule has 0 bridgehead atoms. The van der Waals surface area contributed by atoms with Crippen LogP contribution in [0.3, 0.4) is 0 Å². The van der Waals surface area contributed by atoms with Gasteiger partial charge in [-0.25, -0.2) is 4.98 Å². The van der Waals surface area contributed by atoms with Gasteiger partial charge in [-0.1, -0.05) is 6.92 Å². The standard InChI is InChI=1S/C20H21N5O2/c1-3-13(2)22-20-24-16(14-5-4-8-21-11-14)10-19(25-20)23-15-6-7-17-18(9-15)27-12-26-17/h4-11,13H,3,12H2,1-2H3,(H2,22,23,24,25)/t13-/m1/s1. The average molecular weight is 363 g/mol. The third-order valence-corrected chi connectivity index (χ3v) is 4.32. The van der Waals surface area contributed by atoms with Crippen molar-refractivity contribution < 1.29 is 9.47 Å². The minimum absolute atomic E-state index is 0.250. The summed E-state index contributed by atoms with van der Waals surface area (Å²) in [5, 5.41) is 6.67. The molecule has 4 rings (SSSR count). The highest BCUT2D eigenvalue weighted by atomic mass is 16.7. The van der Waals surface area contributed by atoms with Crippen LogP contribution >= 0.6 is 0 Å². The number of ether oxygens (including phenoxy) is 2. The maximum absolute atomic E-state index is 5.45. The fraction of sp³-hybridized carbons (Fsp3) is 0.250. The average Bonchev–Trinajstić information content (AvgIpc) is 3.16. The lowest BCUT2D eigenvalue weighted by molar-refractivity contribution is 0.174. The van der Waals surface area contributed by atoms with E-state index in [1.807, 2.05) is 36.4 Å². The number of hydrogen-bond acceptors (Lipinski definition) is 7. The predicted molar refractivity (Wildman–Crippen MR) is 104 cm³/mol. The molecule has 3 aromatic rings. The molecule has 0 fully saturated rings. The second kappa shape index (κ2) is 7.49. The summed E-state index contributed by atoms with van der Waals surface area (Å²) in [6, 6.07) is 11.8. The smallest absolute Gasteiger partial charge is 0.231 e. The number of fused-ring (bicyclic) bond motifs is 1. The number of anilines is 3. The molecule has 0 radical (unpaired) electrons. The van der Waals surface area contributed by atoms with E-state index in [2.05, 4.69) is 39.4 Å². The zero-order chi connectivity index (χ0) is 18.6. The highest BCUT2D eigenvalue weighted by molar-refractivity contribution is 5.68. The molecule has 1 aliphatic rings. The summed E-state index contributed by atoms with van der Waals surface area (Å²) in [5.74, 6) is 2.74. The lowest BCUT2D eigenvalue weighted by Crippen LogP contribution is -2.16. The Labute approximate surface area is 157 Å². The Balaban J connectivity index is 1.67. The van der Waals surface area contributed by atoms with Crippen molar-refractivity contribution in [3.05, 3.63) is 48.8 Å². The third-order valence-electron chi connectivity index (χ3n) is 4.32. The fourth-order valence-electron chi connectivity index (χ4n) is 2.68. The zero-order valence-corrected chi connectivity index (χ0v) is 15.3. The molecular weight excluding hydrogens is 342 g/mol. The SMILES string of the molecule is CC[C@@H](C)Nc1nc(Nc2ccc3c(c2)OCO3)cc(-c2cccnc2)n1. The van der Waals surface area contributed by atoms with Crippen LogP contribution in [0.1, 0.15) is 20.3 Å². The topological polar surface area (TPSA) is 81.2 Å². The summed E-state index contributed by atoms with van der Waals surface area (Å²) in [6.07, 6.45) is 4.51. The van der Waals surface area contributed by atoms with Gasteiger partial charge < -0.3 is 20.1 Å². The Bertz CT molecular complexity index is 933. The lowest BCUT2D eigenvalue weighted by Gasteiger charge is -2.14. The van der Waals surface area contributed by atoms with Gasteiger partial charge in [0.25, 0.3) is 0 Å². The number of nitrogens with one attached hydrogen (secondary N) is 2. The molecule has 0 spiro atoms. The van der Waals surface area contributed by atoms with Crippen molar-refractivity contribution >= 4 is 17.5 Å². The number of benzene rings is 1. The molecule has 2 N–H and O–H groups in total. The van der Waals surface area contributed by atoms with Gasteiger partial charge in [-0.3, -0.25) is 4.98 Å². The van der Waals surface area contributed by atoms with Gasteiger partial charge in [0.15, 0.2) is 11.5 Å². The van der Waals surface area contributed by atoms with Crippen molar-refractivity contribution in [3.8, 4) is 22.8 Å². The Kier molecular flexibility index (Phi) is 4.74. The quantitative estimate of drug-likeness (QED) is 0.678. The molecule has 0 saturated heterocycles. The largest absolute Gasteiger partial charge is 0.454 e. The number of nitrogens with zero attached hydrogens (tertiary/aromatic N) is 3. The molecule has 1 aromatic carbocycles. The normalized spacial score (nSPS) is 13.3. The first-order chi connectivity index (χ1) is 13.2. The Hall–Kier alpha value is -3.35. The molecule has 3 heterocycles. The van der Waals surface area contributed by atoms with Crippen LogP contribution < -0.4 is 20.1 Å². The van der Waals surface area contributed by atoms with Gasteiger partial charge in [0, 0.05) is 41.8 Å². The molecule has 2 aromatic heterocycles. The predicted octanol–water partition coefficient (Wildman–Crippen LogP) is 4.22. The second-order valence-corrected chi connectivity index (χ2v) is 6.35. The Morgan fingerprint density at radius 3 is 2.81 bits per heavy atom. The first-order valence-corrected chi connectivity index (χ1v) is 8.94. The van der Waals surface area contributed by atoms with E-state index < -0.39 is 0 Å². The van der Waals surface area contributed by atoms with Crippen LogP contribution in [-0.2, 0) is 0 Å². The number of rotatable bonds is 6. The zero-order valence-electron chi connectivity index (χ0n) is 15.3. The molecule has 27 heavy (non-hydrogen) atoms. The molecular formula is C20H21N5O2. The van der Waals surface area contributed by atoms with E-state index in [0.717, 1.165) is 34.9 Å². The molecule has 1 atom stereocenters. The molecule has 0 unspecified atom stereocenters. The van der Waals surface area contributed by atoms with E-state index in [9.17, 15) is 0 Å². The molecule has 0 amide bonds. The van der Waals surface area contributed by atoms with E-state index in [1.165, 1.54) is 0 Å². The summed E-state index contributed by atoms with van der Waals surface area (Å²) in [5.41, 5.74) is 2.59.